The van der Waals surface area contributed by atoms with Crippen molar-refractivity contribution in [1.29, 1.82) is 0 Å². The molecule has 0 unspecified atom stereocenters. The number of hydrogen-bond donors (Lipinski definition) is 1. The molecule has 1 heterocycles. The molecule has 0 aliphatic heterocycles. The van der Waals surface area contributed by atoms with Crippen LogP contribution in [0.3, 0.4) is 0 Å². The molecule has 1 aromatic carbocycles. The van der Waals surface area contributed by atoms with E-state index in [2.05, 4.69) is 20.3 Å². The molecular weight excluding hydrogens is 305 g/mol. The Labute approximate surface area is 130 Å². The fraction of sp³-hybridized carbons (Fsp3) is 0.286. The van der Waals surface area contributed by atoms with E-state index >= 15 is 0 Å². The molecule has 0 fully saturated rings. The number of carbonyl (C=O) groups excluding carboxylic acids is 1. The molecule has 0 spiro atoms. The van der Waals surface area contributed by atoms with Crippen molar-refractivity contribution in [3.63, 3.8) is 0 Å². The predicted octanol–water partition coefficient (Wildman–Crippen LogP) is 3.84. The van der Waals surface area contributed by atoms with Crippen LogP contribution in [0.15, 0.2) is 28.7 Å². The van der Waals surface area contributed by atoms with Gasteiger partial charge < -0.3 is 5.32 Å². The Morgan fingerprint density at radius 3 is 3.00 bits per heavy atom. The summed E-state index contributed by atoms with van der Waals surface area (Å²) in [5, 5.41) is 8.42. The first-order chi connectivity index (χ1) is 10.6. The smallest absolute Gasteiger partial charge is 0.223 e. The molecule has 0 bridgehead atoms. The van der Waals surface area contributed by atoms with Crippen LogP contribution in [0.4, 0.5) is 9.52 Å². The van der Waals surface area contributed by atoms with Crippen LogP contribution in [-0.4, -0.2) is 10.9 Å². The Hall–Kier alpha value is -2.44. The van der Waals surface area contributed by atoms with Gasteiger partial charge in [0.05, 0.1) is 12.2 Å². The van der Waals surface area contributed by atoms with Gasteiger partial charge in [-0.2, -0.15) is 0 Å². The van der Waals surface area contributed by atoms with Crippen molar-refractivity contribution in [2.24, 2.45) is 5.11 Å². The highest BCUT2D eigenvalue weighted by Crippen LogP contribution is 2.18. The zero-order valence-electron chi connectivity index (χ0n) is 11.9. The van der Waals surface area contributed by atoms with Crippen LogP contribution >= 0.6 is 11.3 Å². The molecule has 1 amide bonds. The third-order valence-corrected chi connectivity index (χ3v) is 3.73. The molecule has 0 saturated heterocycles. The van der Waals surface area contributed by atoms with Gasteiger partial charge in [0.2, 0.25) is 5.91 Å². The maximum Gasteiger partial charge on any atom is 0.223 e. The van der Waals surface area contributed by atoms with Crippen LogP contribution in [0.5, 0.6) is 0 Å². The van der Waals surface area contributed by atoms with Gasteiger partial charge in [-0.25, -0.2) is 9.37 Å². The number of nitrogens with zero attached hydrogens (tertiary/aromatic N) is 4. The number of aryl methyl sites for hydroxylation is 2. The Morgan fingerprint density at radius 1 is 1.50 bits per heavy atom. The SMILES string of the molecule is CC(=O)Nc1nc(CCc2ccc(CN=[N+]=[N-])c(F)c2)cs1. The molecule has 22 heavy (non-hydrogen) atoms. The van der Waals surface area contributed by atoms with E-state index < -0.39 is 0 Å². The molecule has 6 nitrogen and oxygen atoms in total. The number of hydrogen-bond acceptors (Lipinski definition) is 4. The summed E-state index contributed by atoms with van der Waals surface area (Å²) in [5.41, 5.74) is 10.3. The molecule has 2 aromatic rings. The lowest BCUT2D eigenvalue weighted by Crippen LogP contribution is -2.05. The fourth-order valence-electron chi connectivity index (χ4n) is 1.88. The van der Waals surface area contributed by atoms with E-state index in [1.807, 2.05) is 11.4 Å². The first-order valence-electron chi connectivity index (χ1n) is 6.58. The molecule has 0 atom stereocenters. The summed E-state index contributed by atoms with van der Waals surface area (Å²) in [5.74, 6) is -0.527. The molecule has 0 saturated carbocycles. The van der Waals surface area contributed by atoms with Crippen LogP contribution in [0.25, 0.3) is 10.4 Å². The van der Waals surface area contributed by atoms with E-state index in [0.29, 0.717) is 23.5 Å². The average molecular weight is 319 g/mol. The summed E-state index contributed by atoms with van der Waals surface area (Å²) in [6, 6.07) is 4.89. The van der Waals surface area contributed by atoms with Crippen molar-refractivity contribution in [2.45, 2.75) is 26.3 Å². The molecule has 1 N–H and O–H groups in total. The van der Waals surface area contributed by atoms with Gasteiger partial charge in [-0.15, -0.1) is 11.3 Å². The van der Waals surface area contributed by atoms with E-state index in [1.165, 1.54) is 24.3 Å². The number of anilines is 1. The number of rotatable bonds is 6. The summed E-state index contributed by atoms with van der Waals surface area (Å²) in [6.07, 6.45) is 1.30. The summed E-state index contributed by atoms with van der Waals surface area (Å²) >= 11 is 1.36. The summed E-state index contributed by atoms with van der Waals surface area (Å²) in [6.45, 7) is 1.44. The maximum atomic E-state index is 13.8. The van der Waals surface area contributed by atoms with Crippen LogP contribution in [-0.2, 0) is 24.2 Å². The predicted molar refractivity (Wildman–Crippen MR) is 83.1 cm³/mol. The highest BCUT2D eigenvalue weighted by molar-refractivity contribution is 7.13. The zero-order valence-corrected chi connectivity index (χ0v) is 12.7. The normalized spacial score (nSPS) is 10.1. The highest BCUT2D eigenvalue weighted by atomic mass is 32.1. The van der Waals surface area contributed by atoms with Crippen molar-refractivity contribution in [3.05, 3.63) is 56.7 Å². The van der Waals surface area contributed by atoms with Gasteiger partial charge in [0.25, 0.3) is 0 Å². The number of thiazole rings is 1. The first kappa shape index (κ1) is 15.9. The first-order valence-corrected chi connectivity index (χ1v) is 7.46. The third-order valence-electron chi connectivity index (χ3n) is 2.93. The average Bonchev–Trinajstić information content (AvgIpc) is 2.91. The molecule has 0 aliphatic carbocycles. The molecular formula is C14H14FN5OS. The largest absolute Gasteiger partial charge is 0.302 e. The second kappa shape index (κ2) is 7.53. The van der Waals surface area contributed by atoms with Crippen LogP contribution in [0.2, 0.25) is 0 Å². The van der Waals surface area contributed by atoms with Crippen molar-refractivity contribution in [1.82, 2.24) is 4.98 Å². The van der Waals surface area contributed by atoms with Gasteiger partial charge in [0.1, 0.15) is 5.82 Å². The lowest BCUT2D eigenvalue weighted by atomic mass is 10.1. The molecule has 1 aromatic heterocycles. The van der Waals surface area contributed by atoms with E-state index in [0.717, 1.165) is 11.3 Å². The minimum Gasteiger partial charge on any atom is -0.302 e. The Morgan fingerprint density at radius 2 is 2.32 bits per heavy atom. The Bertz CT molecular complexity index is 724. The van der Waals surface area contributed by atoms with Crippen LogP contribution in [0, 0.1) is 5.82 Å². The van der Waals surface area contributed by atoms with Crippen LogP contribution in [0.1, 0.15) is 23.7 Å². The molecule has 0 aliphatic rings. The lowest BCUT2D eigenvalue weighted by molar-refractivity contribution is -0.114. The number of carbonyl (C=O) groups is 1. The lowest BCUT2D eigenvalue weighted by Gasteiger charge is -2.03. The van der Waals surface area contributed by atoms with Crippen molar-refractivity contribution in [2.75, 3.05) is 5.32 Å². The summed E-state index contributed by atoms with van der Waals surface area (Å²) < 4.78 is 13.8. The minimum absolute atomic E-state index is 0.00871. The second-order valence-electron chi connectivity index (χ2n) is 4.64. The second-order valence-corrected chi connectivity index (χ2v) is 5.50. The monoisotopic (exact) mass is 319 g/mol. The Balaban J connectivity index is 1.96. The van der Waals surface area contributed by atoms with Crippen molar-refractivity contribution in [3.8, 4) is 0 Å². The van der Waals surface area contributed by atoms with E-state index in [4.69, 9.17) is 5.53 Å². The summed E-state index contributed by atoms with van der Waals surface area (Å²) in [7, 11) is 0. The van der Waals surface area contributed by atoms with Gasteiger partial charge >= 0.3 is 0 Å². The number of nitrogens with one attached hydrogen (secondary N) is 1. The van der Waals surface area contributed by atoms with Gasteiger partial charge in [-0.3, -0.25) is 4.79 Å². The molecule has 2 rings (SSSR count). The van der Waals surface area contributed by atoms with Gasteiger partial charge in [-0.1, -0.05) is 17.2 Å². The molecule has 8 heteroatoms. The molecule has 0 radical (unpaired) electrons. The standard InChI is InChI=1S/C14H14FN5OS/c1-9(21)18-14-19-12(8-22-14)5-3-10-2-4-11(7-17-20-16)13(15)6-10/h2,4,6,8H,3,5,7H2,1H3,(H,18,19,21). The number of amides is 1. The van der Waals surface area contributed by atoms with E-state index in [1.54, 1.807) is 6.07 Å². The number of halogens is 1. The third kappa shape index (κ3) is 4.54. The zero-order chi connectivity index (χ0) is 15.9. The van der Waals surface area contributed by atoms with Gasteiger partial charge in [-0.05, 0) is 35.6 Å². The Kier molecular flexibility index (Phi) is 5.46. The topological polar surface area (TPSA) is 90.8 Å². The fourth-order valence-corrected chi connectivity index (χ4v) is 2.68. The maximum absolute atomic E-state index is 13.8. The minimum atomic E-state index is -0.373. The number of azide groups is 1. The number of aromatic nitrogens is 1. The summed E-state index contributed by atoms with van der Waals surface area (Å²) in [4.78, 5) is 17.8. The van der Waals surface area contributed by atoms with Gasteiger partial charge in [0.15, 0.2) is 5.13 Å². The number of benzene rings is 1. The van der Waals surface area contributed by atoms with Crippen molar-refractivity contribution < 1.29 is 9.18 Å². The van der Waals surface area contributed by atoms with Gasteiger partial charge in [0, 0.05) is 17.2 Å². The quantitative estimate of drug-likeness (QED) is 0.498. The highest BCUT2D eigenvalue weighted by Gasteiger charge is 2.06. The van der Waals surface area contributed by atoms with Crippen molar-refractivity contribution >= 4 is 22.4 Å². The molecule has 114 valence electrons. The van der Waals surface area contributed by atoms with Crippen LogP contribution < -0.4 is 5.32 Å². The van der Waals surface area contributed by atoms with E-state index in [-0.39, 0.29) is 18.3 Å². The van der Waals surface area contributed by atoms with E-state index in [9.17, 15) is 9.18 Å².